The molecule has 0 saturated carbocycles. The predicted octanol–water partition coefficient (Wildman–Crippen LogP) is 4.22. The number of ether oxygens (including phenoxy) is 2. The van der Waals surface area contributed by atoms with E-state index >= 15 is 0 Å². The number of imidazole rings is 1. The molecule has 3 heterocycles. The molecule has 1 aromatic carbocycles. The van der Waals surface area contributed by atoms with Gasteiger partial charge in [-0.2, -0.15) is 26.3 Å². The first-order valence-electron chi connectivity index (χ1n) is 13.2. The van der Waals surface area contributed by atoms with E-state index < -0.39 is 24.3 Å². The van der Waals surface area contributed by atoms with Crippen LogP contribution in [0.3, 0.4) is 0 Å². The molecule has 1 aliphatic heterocycles. The summed E-state index contributed by atoms with van der Waals surface area (Å²) in [4.78, 5) is 45.7. The number of rotatable bonds is 7. The number of alkyl halides is 6. The minimum absolute atomic E-state index is 0.0537. The van der Waals surface area contributed by atoms with Crippen molar-refractivity contribution in [1.29, 1.82) is 0 Å². The Morgan fingerprint density at radius 2 is 1.51 bits per heavy atom. The smallest absolute Gasteiger partial charge is 0.490 e. The molecule has 45 heavy (non-hydrogen) atoms. The third kappa shape index (κ3) is 12.5. The van der Waals surface area contributed by atoms with Crippen molar-refractivity contribution < 1.29 is 60.4 Å². The second-order valence-electron chi connectivity index (χ2n) is 9.62. The van der Waals surface area contributed by atoms with E-state index in [0.717, 1.165) is 66.8 Å². The van der Waals surface area contributed by atoms with Crippen LogP contribution in [-0.4, -0.2) is 111 Å². The third-order valence-electron chi connectivity index (χ3n) is 5.76. The van der Waals surface area contributed by atoms with Crippen LogP contribution in [0.15, 0.2) is 36.5 Å². The Kier molecular flexibility index (Phi) is 12.9. The first-order valence-corrected chi connectivity index (χ1v) is 13.2. The minimum Gasteiger partial charge on any atom is -0.492 e. The van der Waals surface area contributed by atoms with Gasteiger partial charge in [0.2, 0.25) is 5.91 Å². The van der Waals surface area contributed by atoms with E-state index in [1.54, 1.807) is 13.1 Å². The van der Waals surface area contributed by atoms with E-state index in [1.165, 1.54) is 0 Å². The van der Waals surface area contributed by atoms with Crippen LogP contribution in [0.25, 0.3) is 22.6 Å². The van der Waals surface area contributed by atoms with Crippen molar-refractivity contribution in [2.75, 3.05) is 39.3 Å². The van der Waals surface area contributed by atoms with E-state index in [4.69, 9.17) is 29.3 Å². The molecule has 3 N–H and O–H groups in total. The van der Waals surface area contributed by atoms with Crippen molar-refractivity contribution in [1.82, 2.24) is 24.8 Å². The Morgan fingerprint density at radius 1 is 0.956 bits per heavy atom. The molecule has 18 heteroatoms. The van der Waals surface area contributed by atoms with Gasteiger partial charge in [-0.3, -0.25) is 9.69 Å². The highest BCUT2D eigenvalue weighted by Crippen LogP contribution is 2.30. The lowest BCUT2D eigenvalue weighted by atomic mass is 10.2. The molecule has 0 aliphatic carbocycles. The van der Waals surface area contributed by atoms with Crippen LogP contribution in [-0.2, 0) is 14.4 Å². The minimum atomic E-state index is -5.08. The van der Waals surface area contributed by atoms with Gasteiger partial charge in [-0.15, -0.1) is 0 Å². The first-order chi connectivity index (χ1) is 20.9. The molecule has 1 amide bonds. The lowest BCUT2D eigenvalue weighted by molar-refractivity contribution is -0.193. The van der Waals surface area contributed by atoms with Crippen LogP contribution in [0.2, 0.25) is 0 Å². The molecule has 0 unspecified atom stereocenters. The summed E-state index contributed by atoms with van der Waals surface area (Å²) in [5, 5.41) is 14.2. The van der Waals surface area contributed by atoms with Gasteiger partial charge in [0, 0.05) is 57.5 Å². The predicted molar refractivity (Wildman–Crippen MR) is 147 cm³/mol. The van der Waals surface area contributed by atoms with Gasteiger partial charge in [0.15, 0.2) is 5.65 Å². The highest BCUT2D eigenvalue weighted by molar-refractivity contribution is 5.76. The summed E-state index contributed by atoms with van der Waals surface area (Å²) >= 11 is 0. The van der Waals surface area contributed by atoms with E-state index in [9.17, 15) is 31.1 Å². The largest absolute Gasteiger partial charge is 0.492 e. The zero-order chi connectivity index (χ0) is 33.9. The number of benzene rings is 1. The van der Waals surface area contributed by atoms with Crippen LogP contribution < -0.4 is 9.47 Å². The molecular formula is C27H31F6N5O7. The van der Waals surface area contributed by atoms with Crippen molar-refractivity contribution in [2.45, 2.75) is 39.2 Å². The van der Waals surface area contributed by atoms with Crippen molar-refractivity contribution in [3.63, 3.8) is 0 Å². The number of amides is 1. The lowest BCUT2D eigenvalue weighted by Gasteiger charge is -2.34. The second-order valence-corrected chi connectivity index (χ2v) is 9.62. The molecular weight excluding hydrogens is 620 g/mol. The average Bonchev–Trinajstić information content (AvgIpc) is 3.37. The summed E-state index contributed by atoms with van der Waals surface area (Å²) in [6.45, 7) is 10.3. The number of aromatic amines is 1. The average molecular weight is 652 g/mol. The fourth-order valence-electron chi connectivity index (χ4n) is 3.69. The molecule has 3 aromatic rings. The summed E-state index contributed by atoms with van der Waals surface area (Å²) in [5.41, 5.74) is 2.46. The van der Waals surface area contributed by atoms with Gasteiger partial charge in [0.25, 0.3) is 0 Å². The second kappa shape index (κ2) is 15.9. The van der Waals surface area contributed by atoms with Crippen molar-refractivity contribution >= 4 is 29.0 Å². The SMILES string of the molecule is CC(=O)N1CCN(CCOc2cc(OC(C)C)cc(-c3nc4cccnc4[nH]3)c2)CC1.O=C(O)C(F)(F)F.O=C(O)C(F)(F)F. The summed E-state index contributed by atoms with van der Waals surface area (Å²) < 4.78 is 75.5. The van der Waals surface area contributed by atoms with Crippen LogP contribution >= 0.6 is 0 Å². The highest BCUT2D eigenvalue weighted by atomic mass is 19.4. The number of nitrogens with one attached hydrogen (secondary N) is 1. The molecule has 0 atom stereocenters. The Labute approximate surface area is 252 Å². The molecule has 12 nitrogen and oxygen atoms in total. The maximum Gasteiger partial charge on any atom is 0.490 e. The molecule has 1 saturated heterocycles. The number of H-pyrrole nitrogens is 1. The van der Waals surface area contributed by atoms with Crippen LogP contribution in [0.4, 0.5) is 26.3 Å². The quantitative estimate of drug-likeness (QED) is 0.316. The standard InChI is InChI=1S/C23H29N5O3.2C2HF3O2/c1-16(2)31-20-14-18(22-25-21-5-4-6-24-23(21)26-22)13-19(15-20)30-12-11-27-7-9-28(10-8-27)17(3)29;2*3-2(4,5)1(6)7/h4-6,13-16H,7-12H2,1-3H3,(H,24,25,26);2*(H,6,7). The van der Waals surface area contributed by atoms with Gasteiger partial charge >= 0.3 is 24.3 Å². The van der Waals surface area contributed by atoms with Gasteiger partial charge in [-0.1, -0.05) is 0 Å². The number of halogens is 6. The fraction of sp³-hybridized carbons (Fsp3) is 0.444. The fourth-order valence-corrected chi connectivity index (χ4v) is 3.69. The van der Waals surface area contributed by atoms with Crippen molar-refractivity contribution in [3.05, 3.63) is 36.5 Å². The van der Waals surface area contributed by atoms with Crippen molar-refractivity contribution in [2.24, 2.45) is 0 Å². The Balaban J connectivity index is 0.000000421. The van der Waals surface area contributed by atoms with Crippen LogP contribution in [0.5, 0.6) is 11.5 Å². The summed E-state index contributed by atoms with van der Waals surface area (Å²) in [6, 6.07) is 9.65. The van der Waals surface area contributed by atoms with Gasteiger partial charge in [-0.05, 0) is 38.1 Å². The molecule has 1 aliphatic rings. The number of carbonyl (C=O) groups excluding carboxylic acids is 1. The molecule has 0 bridgehead atoms. The van der Waals surface area contributed by atoms with E-state index in [2.05, 4.69) is 19.9 Å². The number of pyridine rings is 1. The maximum atomic E-state index is 11.5. The number of aromatic nitrogens is 3. The molecule has 0 radical (unpaired) electrons. The van der Waals surface area contributed by atoms with Gasteiger partial charge in [-0.25, -0.2) is 19.6 Å². The Morgan fingerprint density at radius 3 is 2.00 bits per heavy atom. The number of aliphatic carboxylic acids is 2. The van der Waals surface area contributed by atoms with E-state index in [0.29, 0.717) is 6.61 Å². The number of carboxylic acid groups (broad SMARTS) is 2. The topological polar surface area (TPSA) is 158 Å². The summed E-state index contributed by atoms with van der Waals surface area (Å²) in [7, 11) is 0. The number of fused-ring (bicyclic) bond motifs is 1. The van der Waals surface area contributed by atoms with E-state index in [1.807, 2.05) is 49.1 Å². The monoisotopic (exact) mass is 651 g/mol. The van der Waals surface area contributed by atoms with E-state index in [-0.39, 0.29) is 12.0 Å². The lowest BCUT2D eigenvalue weighted by Crippen LogP contribution is -2.48. The van der Waals surface area contributed by atoms with Gasteiger partial charge in [0.05, 0.1) is 6.10 Å². The molecule has 2 aromatic heterocycles. The summed E-state index contributed by atoms with van der Waals surface area (Å²) in [6.07, 6.45) is -8.37. The normalized spacial score (nSPS) is 13.8. The van der Waals surface area contributed by atoms with Gasteiger partial charge < -0.3 is 29.6 Å². The number of hydrogen-bond donors (Lipinski definition) is 3. The zero-order valence-electron chi connectivity index (χ0n) is 24.3. The number of carboxylic acids is 2. The molecule has 1 fully saturated rings. The van der Waals surface area contributed by atoms with Crippen LogP contribution in [0.1, 0.15) is 20.8 Å². The maximum absolute atomic E-state index is 11.5. The summed E-state index contributed by atoms with van der Waals surface area (Å²) in [5.74, 6) is -3.16. The zero-order valence-corrected chi connectivity index (χ0v) is 24.3. The third-order valence-corrected chi connectivity index (χ3v) is 5.76. The molecule has 248 valence electrons. The Bertz CT molecular complexity index is 1380. The number of carbonyl (C=O) groups is 3. The van der Waals surface area contributed by atoms with Crippen LogP contribution in [0, 0.1) is 0 Å². The number of piperazine rings is 1. The highest BCUT2D eigenvalue weighted by Gasteiger charge is 2.38. The number of nitrogens with zero attached hydrogens (tertiary/aromatic N) is 4. The Hall–Kier alpha value is -4.61. The molecule has 0 spiro atoms. The van der Waals surface area contributed by atoms with Gasteiger partial charge in [0.1, 0.15) is 29.4 Å². The molecule has 4 rings (SSSR count). The first kappa shape index (κ1) is 36.6. The van der Waals surface area contributed by atoms with Crippen molar-refractivity contribution in [3.8, 4) is 22.9 Å². The number of hydrogen-bond acceptors (Lipinski definition) is 8.